The third-order valence-corrected chi connectivity index (χ3v) is 4.08. The van der Waals surface area contributed by atoms with Gasteiger partial charge in [-0.3, -0.25) is 4.79 Å². The van der Waals surface area contributed by atoms with Gasteiger partial charge in [-0.25, -0.2) is 4.79 Å². The maximum absolute atomic E-state index is 12.7. The highest BCUT2D eigenvalue weighted by Crippen LogP contribution is 2.23. The molecule has 0 radical (unpaired) electrons. The van der Waals surface area contributed by atoms with Gasteiger partial charge in [0.05, 0.1) is 12.2 Å². The van der Waals surface area contributed by atoms with Gasteiger partial charge >= 0.3 is 5.97 Å². The molecule has 1 saturated heterocycles. The number of amides is 1. The molecule has 0 saturated carbocycles. The average molecular weight is 292 g/mol. The zero-order valence-electron chi connectivity index (χ0n) is 13.3. The predicted molar refractivity (Wildman–Crippen MR) is 80.5 cm³/mol. The normalized spacial score (nSPS) is 18.7. The highest BCUT2D eigenvalue weighted by atomic mass is 16.5. The maximum Gasteiger partial charge on any atom is 0.355 e. The second-order valence-electron chi connectivity index (χ2n) is 5.84. The summed E-state index contributed by atoms with van der Waals surface area (Å²) in [5.41, 5.74) is 2.43. The number of hydrogen-bond donors (Lipinski definition) is 1. The summed E-state index contributed by atoms with van der Waals surface area (Å²) in [7, 11) is 0. The first-order valence-electron chi connectivity index (χ1n) is 7.61. The fourth-order valence-corrected chi connectivity index (χ4v) is 3.01. The molecule has 0 bridgehead atoms. The van der Waals surface area contributed by atoms with E-state index in [1.807, 2.05) is 11.8 Å². The van der Waals surface area contributed by atoms with Crippen LogP contribution in [0, 0.1) is 19.8 Å². The lowest BCUT2D eigenvalue weighted by Gasteiger charge is -2.31. The van der Waals surface area contributed by atoms with Gasteiger partial charge in [-0.05, 0) is 45.1 Å². The molecule has 5 nitrogen and oxygen atoms in total. The van der Waals surface area contributed by atoms with Crippen LogP contribution in [-0.4, -0.2) is 41.5 Å². The van der Waals surface area contributed by atoms with Gasteiger partial charge in [0.2, 0.25) is 0 Å². The highest BCUT2D eigenvalue weighted by molar-refractivity contribution is 6.01. The number of hydrogen-bond acceptors (Lipinski definition) is 3. The van der Waals surface area contributed by atoms with E-state index in [1.165, 1.54) is 6.42 Å². The van der Waals surface area contributed by atoms with Crippen LogP contribution in [0.5, 0.6) is 0 Å². The molecule has 1 fully saturated rings. The molecular formula is C16H24N2O3. The Balaban J connectivity index is 2.27. The lowest BCUT2D eigenvalue weighted by Crippen LogP contribution is -2.39. The topological polar surface area (TPSA) is 62.4 Å². The van der Waals surface area contributed by atoms with E-state index in [2.05, 4.69) is 11.9 Å². The van der Waals surface area contributed by atoms with Crippen LogP contribution in [0.2, 0.25) is 0 Å². The van der Waals surface area contributed by atoms with Crippen LogP contribution in [0.1, 0.15) is 58.8 Å². The molecule has 1 aliphatic heterocycles. The first-order chi connectivity index (χ1) is 9.95. The second kappa shape index (κ2) is 6.33. The van der Waals surface area contributed by atoms with Crippen LogP contribution in [0.4, 0.5) is 0 Å². The lowest BCUT2D eigenvalue weighted by molar-refractivity contribution is 0.0519. The Morgan fingerprint density at radius 1 is 1.38 bits per heavy atom. The SMILES string of the molecule is CCOC(=O)c1[nH]c(C)c(C(=O)N2CCC[C@@H](C)C2)c1C. The molecule has 1 amide bonds. The van der Waals surface area contributed by atoms with Crippen LogP contribution >= 0.6 is 0 Å². The van der Waals surface area contributed by atoms with Crippen LogP contribution in [0.3, 0.4) is 0 Å². The van der Waals surface area contributed by atoms with Gasteiger partial charge in [-0.15, -0.1) is 0 Å². The molecule has 5 heteroatoms. The summed E-state index contributed by atoms with van der Waals surface area (Å²) in [5, 5.41) is 0. The zero-order chi connectivity index (χ0) is 15.6. The lowest BCUT2D eigenvalue weighted by atomic mass is 9.99. The smallest absolute Gasteiger partial charge is 0.355 e. The molecule has 116 valence electrons. The van der Waals surface area contributed by atoms with Gasteiger partial charge in [-0.2, -0.15) is 0 Å². The minimum atomic E-state index is -0.399. The van der Waals surface area contributed by atoms with E-state index >= 15 is 0 Å². The number of carbonyl (C=O) groups excluding carboxylic acids is 2. The van der Waals surface area contributed by atoms with E-state index in [0.717, 1.165) is 25.2 Å². The van der Waals surface area contributed by atoms with Crippen molar-refractivity contribution in [3.8, 4) is 0 Å². The molecule has 0 aromatic carbocycles. The van der Waals surface area contributed by atoms with Crippen molar-refractivity contribution in [3.63, 3.8) is 0 Å². The molecule has 1 N–H and O–H groups in total. The summed E-state index contributed by atoms with van der Waals surface area (Å²) in [6, 6.07) is 0. The number of likely N-dealkylation sites (tertiary alicyclic amines) is 1. The molecule has 0 spiro atoms. The van der Waals surface area contributed by atoms with Gasteiger partial charge in [0.1, 0.15) is 5.69 Å². The number of esters is 1. The Kier molecular flexibility index (Phi) is 4.70. The van der Waals surface area contributed by atoms with Crippen molar-refractivity contribution in [2.75, 3.05) is 19.7 Å². The van der Waals surface area contributed by atoms with Crippen molar-refractivity contribution in [1.29, 1.82) is 0 Å². The van der Waals surface area contributed by atoms with Gasteiger partial charge in [-0.1, -0.05) is 6.92 Å². The first-order valence-corrected chi connectivity index (χ1v) is 7.61. The minimum Gasteiger partial charge on any atom is -0.461 e. The van der Waals surface area contributed by atoms with Crippen molar-refractivity contribution >= 4 is 11.9 Å². The van der Waals surface area contributed by atoms with Crippen molar-refractivity contribution in [2.24, 2.45) is 5.92 Å². The molecule has 21 heavy (non-hydrogen) atoms. The second-order valence-corrected chi connectivity index (χ2v) is 5.84. The number of nitrogens with one attached hydrogen (secondary N) is 1. The summed E-state index contributed by atoms with van der Waals surface area (Å²) in [6.45, 7) is 9.47. The maximum atomic E-state index is 12.7. The van der Waals surface area contributed by atoms with Crippen LogP contribution in [0.25, 0.3) is 0 Å². The van der Waals surface area contributed by atoms with Gasteiger partial charge in [0.15, 0.2) is 0 Å². The fourth-order valence-electron chi connectivity index (χ4n) is 3.01. The van der Waals surface area contributed by atoms with E-state index in [4.69, 9.17) is 4.74 Å². The van der Waals surface area contributed by atoms with Crippen LogP contribution in [0.15, 0.2) is 0 Å². The molecule has 1 aromatic heterocycles. The number of piperidine rings is 1. The Labute approximate surface area is 125 Å². The molecule has 0 unspecified atom stereocenters. The van der Waals surface area contributed by atoms with Crippen molar-refractivity contribution in [3.05, 3.63) is 22.5 Å². The van der Waals surface area contributed by atoms with E-state index in [0.29, 0.717) is 29.3 Å². The predicted octanol–water partition coefficient (Wildman–Crippen LogP) is 2.68. The number of nitrogens with zero attached hydrogens (tertiary/aromatic N) is 1. The summed E-state index contributed by atoms with van der Waals surface area (Å²) in [6.07, 6.45) is 2.21. The summed E-state index contributed by atoms with van der Waals surface area (Å²) in [5.74, 6) is 0.152. The highest BCUT2D eigenvalue weighted by Gasteiger charge is 2.28. The molecule has 1 aromatic rings. The number of carbonyl (C=O) groups is 2. The van der Waals surface area contributed by atoms with Crippen LogP contribution < -0.4 is 0 Å². The molecule has 2 rings (SSSR count). The van der Waals surface area contributed by atoms with Gasteiger partial charge in [0.25, 0.3) is 5.91 Å². The van der Waals surface area contributed by atoms with E-state index in [-0.39, 0.29) is 5.91 Å². The number of aryl methyl sites for hydroxylation is 1. The monoisotopic (exact) mass is 292 g/mol. The molecule has 1 atom stereocenters. The van der Waals surface area contributed by atoms with E-state index in [1.54, 1.807) is 13.8 Å². The quantitative estimate of drug-likeness (QED) is 0.871. The number of aromatic nitrogens is 1. The number of H-pyrrole nitrogens is 1. The molecular weight excluding hydrogens is 268 g/mol. The standard InChI is InChI=1S/C16H24N2O3/c1-5-21-16(20)14-11(3)13(12(4)17-14)15(19)18-8-6-7-10(2)9-18/h10,17H,5-9H2,1-4H3/t10-/m1/s1. The Morgan fingerprint density at radius 2 is 2.10 bits per heavy atom. The summed E-state index contributed by atoms with van der Waals surface area (Å²) < 4.78 is 5.02. The third-order valence-electron chi connectivity index (χ3n) is 4.08. The molecule has 0 aliphatic carbocycles. The number of ether oxygens (including phenoxy) is 1. The average Bonchev–Trinajstić information content (AvgIpc) is 2.73. The van der Waals surface area contributed by atoms with Gasteiger partial charge < -0.3 is 14.6 Å². The zero-order valence-corrected chi connectivity index (χ0v) is 13.3. The Morgan fingerprint density at radius 3 is 2.71 bits per heavy atom. The number of aromatic amines is 1. The summed E-state index contributed by atoms with van der Waals surface area (Å²) >= 11 is 0. The van der Waals surface area contributed by atoms with E-state index in [9.17, 15) is 9.59 Å². The fraction of sp³-hybridized carbons (Fsp3) is 0.625. The van der Waals surface area contributed by atoms with Gasteiger partial charge in [0, 0.05) is 18.8 Å². The first kappa shape index (κ1) is 15.6. The van der Waals surface area contributed by atoms with Crippen LogP contribution in [-0.2, 0) is 4.74 Å². The summed E-state index contributed by atoms with van der Waals surface area (Å²) in [4.78, 5) is 29.5. The van der Waals surface area contributed by atoms with E-state index < -0.39 is 5.97 Å². The molecule has 2 heterocycles. The number of rotatable bonds is 3. The van der Waals surface area contributed by atoms with Crippen molar-refractivity contribution in [2.45, 2.75) is 40.5 Å². The largest absolute Gasteiger partial charge is 0.461 e. The van der Waals surface area contributed by atoms with Crippen molar-refractivity contribution in [1.82, 2.24) is 9.88 Å². The minimum absolute atomic E-state index is 0.0170. The Bertz CT molecular complexity index is 548. The Hall–Kier alpha value is -1.78. The molecule has 1 aliphatic rings. The van der Waals surface area contributed by atoms with Crippen molar-refractivity contribution < 1.29 is 14.3 Å². The third kappa shape index (κ3) is 3.12.